The Morgan fingerprint density at radius 3 is 2.57 bits per heavy atom. The number of hydrogen-bond donors (Lipinski definition) is 2. The molecule has 148 valence electrons. The smallest absolute Gasteiger partial charge is 0.335 e. The number of rotatable bonds is 8. The van der Waals surface area contributed by atoms with Crippen LogP contribution in [0.15, 0.2) is 42.6 Å². The number of carboxylic acid groups (broad SMARTS) is 1. The molecule has 2 amide bonds. The van der Waals surface area contributed by atoms with E-state index >= 15 is 0 Å². The molecule has 28 heavy (non-hydrogen) atoms. The van der Waals surface area contributed by atoms with Crippen LogP contribution in [0.25, 0.3) is 0 Å². The molecule has 0 aliphatic heterocycles. The molecule has 1 aromatic carbocycles. The summed E-state index contributed by atoms with van der Waals surface area (Å²) in [5.74, 6) is -1.31. The Morgan fingerprint density at radius 1 is 1.21 bits per heavy atom. The van der Waals surface area contributed by atoms with E-state index in [1.54, 1.807) is 26.2 Å². The molecule has 0 radical (unpaired) electrons. The van der Waals surface area contributed by atoms with Gasteiger partial charge in [-0.2, -0.15) is 0 Å². The molecule has 8 nitrogen and oxygen atoms in total. The lowest BCUT2D eigenvalue weighted by Crippen LogP contribution is -2.30. The van der Waals surface area contributed by atoms with Gasteiger partial charge in [0.2, 0.25) is 0 Å². The highest BCUT2D eigenvalue weighted by atomic mass is 16.5. The van der Waals surface area contributed by atoms with Gasteiger partial charge in [-0.25, -0.2) is 4.79 Å². The molecule has 0 aliphatic carbocycles. The van der Waals surface area contributed by atoms with Gasteiger partial charge in [-0.1, -0.05) is 25.1 Å². The first-order chi connectivity index (χ1) is 13.3. The van der Waals surface area contributed by atoms with Crippen molar-refractivity contribution in [2.24, 2.45) is 0 Å². The van der Waals surface area contributed by atoms with E-state index in [0.717, 1.165) is 5.56 Å². The minimum atomic E-state index is -1.13. The Balaban J connectivity index is 2.19. The first-order valence-corrected chi connectivity index (χ1v) is 8.75. The van der Waals surface area contributed by atoms with Crippen LogP contribution in [0.1, 0.15) is 45.8 Å². The van der Waals surface area contributed by atoms with Gasteiger partial charge in [-0.3, -0.25) is 14.6 Å². The van der Waals surface area contributed by atoms with E-state index in [4.69, 9.17) is 9.84 Å². The second kappa shape index (κ2) is 9.50. The number of carbonyl (C=O) groups is 3. The molecule has 2 aromatic rings. The number of nitrogens with one attached hydrogen (secondary N) is 1. The average molecular weight is 385 g/mol. The maximum Gasteiger partial charge on any atom is 0.335 e. The molecular weight excluding hydrogens is 362 g/mol. The third kappa shape index (κ3) is 5.29. The number of aromatic carboxylic acids is 1. The summed E-state index contributed by atoms with van der Waals surface area (Å²) in [6, 6.07) is 9.29. The molecule has 0 saturated carbocycles. The number of para-hydroxylation sites is 1. The lowest BCUT2D eigenvalue weighted by atomic mass is 10.0. The van der Waals surface area contributed by atoms with Crippen LogP contribution in [-0.4, -0.2) is 53.5 Å². The zero-order chi connectivity index (χ0) is 20.7. The molecule has 8 heteroatoms. The van der Waals surface area contributed by atoms with Crippen molar-refractivity contribution in [2.75, 3.05) is 20.7 Å². The monoisotopic (exact) mass is 385 g/mol. The summed E-state index contributed by atoms with van der Waals surface area (Å²) < 4.78 is 5.65. The van der Waals surface area contributed by atoms with E-state index in [-0.39, 0.29) is 23.8 Å². The van der Waals surface area contributed by atoms with Crippen LogP contribution in [0.5, 0.6) is 5.75 Å². The van der Waals surface area contributed by atoms with Crippen LogP contribution in [0.3, 0.4) is 0 Å². The number of benzene rings is 1. The van der Waals surface area contributed by atoms with E-state index in [9.17, 15) is 14.4 Å². The van der Waals surface area contributed by atoms with Crippen molar-refractivity contribution >= 4 is 17.8 Å². The van der Waals surface area contributed by atoms with Crippen molar-refractivity contribution in [3.05, 3.63) is 59.4 Å². The molecule has 2 rings (SSSR count). The van der Waals surface area contributed by atoms with Crippen molar-refractivity contribution in [1.29, 1.82) is 0 Å². The summed E-state index contributed by atoms with van der Waals surface area (Å²) in [4.78, 5) is 40.8. The Morgan fingerprint density at radius 2 is 1.93 bits per heavy atom. The number of amides is 2. The molecule has 1 heterocycles. The normalized spacial score (nSPS) is 11.4. The predicted octanol–water partition coefficient (Wildman–Crippen LogP) is 2.13. The number of ether oxygens (including phenoxy) is 1. The van der Waals surface area contributed by atoms with Gasteiger partial charge in [0.15, 0.2) is 6.61 Å². The van der Waals surface area contributed by atoms with Crippen molar-refractivity contribution < 1.29 is 24.2 Å². The Bertz CT molecular complexity index is 866. The zero-order valence-corrected chi connectivity index (χ0v) is 16.0. The van der Waals surface area contributed by atoms with Crippen LogP contribution < -0.4 is 10.1 Å². The van der Waals surface area contributed by atoms with Crippen molar-refractivity contribution in [1.82, 2.24) is 15.2 Å². The van der Waals surface area contributed by atoms with Crippen LogP contribution in [-0.2, 0) is 4.79 Å². The average Bonchev–Trinajstić information content (AvgIpc) is 2.70. The lowest BCUT2D eigenvalue weighted by molar-refractivity contribution is -0.130. The van der Waals surface area contributed by atoms with Crippen LogP contribution >= 0.6 is 0 Å². The second-order valence-corrected chi connectivity index (χ2v) is 6.28. The number of likely N-dealkylation sites (N-methyl/N-ethyl adjacent to an activating group) is 1. The molecule has 1 atom stereocenters. The van der Waals surface area contributed by atoms with Crippen LogP contribution in [0.2, 0.25) is 0 Å². The van der Waals surface area contributed by atoms with Crippen molar-refractivity contribution in [3.63, 3.8) is 0 Å². The largest absolute Gasteiger partial charge is 0.483 e. The first kappa shape index (κ1) is 20.9. The van der Waals surface area contributed by atoms with E-state index in [1.165, 1.54) is 23.2 Å². The predicted molar refractivity (Wildman–Crippen MR) is 102 cm³/mol. The van der Waals surface area contributed by atoms with Crippen molar-refractivity contribution in [2.45, 2.75) is 19.4 Å². The van der Waals surface area contributed by atoms with E-state index in [0.29, 0.717) is 12.2 Å². The van der Waals surface area contributed by atoms with Gasteiger partial charge in [0.25, 0.3) is 11.8 Å². The maximum absolute atomic E-state index is 12.6. The second-order valence-electron chi connectivity index (χ2n) is 6.28. The van der Waals surface area contributed by atoms with Crippen LogP contribution in [0.4, 0.5) is 0 Å². The third-order valence-corrected chi connectivity index (χ3v) is 4.10. The minimum Gasteiger partial charge on any atom is -0.483 e. The number of aromatic nitrogens is 1. The highest BCUT2D eigenvalue weighted by molar-refractivity contribution is 5.96. The highest BCUT2D eigenvalue weighted by Gasteiger charge is 2.20. The Hall–Kier alpha value is -3.42. The fraction of sp³-hybridized carbons (Fsp3) is 0.300. The molecule has 0 bridgehead atoms. The van der Waals surface area contributed by atoms with Gasteiger partial charge >= 0.3 is 5.97 Å². The molecule has 0 spiro atoms. The molecule has 1 unspecified atom stereocenters. The standard InChI is InChI=1S/C20H23N3O5/c1-4-15(22-19(25)16-11-13(20(26)27)9-10-21-16)14-7-5-6-8-17(14)28-12-18(24)23(2)3/h5-11,15H,4,12H2,1-3H3,(H,22,25)(H,26,27). The fourth-order valence-corrected chi connectivity index (χ4v) is 2.49. The van der Waals surface area contributed by atoms with Gasteiger partial charge in [-0.05, 0) is 24.6 Å². The number of carboxylic acids is 1. The van der Waals surface area contributed by atoms with E-state index < -0.39 is 17.9 Å². The Kier molecular flexibility index (Phi) is 7.08. The summed E-state index contributed by atoms with van der Waals surface area (Å²) in [7, 11) is 3.29. The fourth-order valence-electron chi connectivity index (χ4n) is 2.49. The topological polar surface area (TPSA) is 109 Å². The number of carbonyl (C=O) groups excluding carboxylic acids is 2. The quantitative estimate of drug-likeness (QED) is 0.721. The van der Waals surface area contributed by atoms with E-state index in [2.05, 4.69) is 10.3 Å². The summed E-state index contributed by atoms with van der Waals surface area (Å²) >= 11 is 0. The van der Waals surface area contributed by atoms with Gasteiger partial charge < -0.3 is 20.1 Å². The van der Waals surface area contributed by atoms with Crippen molar-refractivity contribution in [3.8, 4) is 5.75 Å². The number of hydrogen-bond acceptors (Lipinski definition) is 5. The molecular formula is C20H23N3O5. The van der Waals surface area contributed by atoms with Crippen LogP contribution in [0, 0.1) is 0 Å². The van der Waals surface area contributed by atoms with Gasteiger partial charge in [-0.15, -0.1) is 0 Å². The van der Waals surface area contributed by atoms with Gasteiger partial charge in [0.1, 0.15) is 11.4 Å². The van der Waals surface area contributed by atoms with Gasteiger partial charge in [0.05, 0.1) is 11.6 Å². The highest BCUT2D eigenvalue weighted by Crippen LogP contribution is 2.27. The number of nitrogens with zero attached hydrogens (tertiary/aromatic N) is 2. The summed E-state index contributed by atoms with van der Waals surface area (Å²) in [5.41, 5.74) is 0.720. The third-order valence-electron chi connectivity index (χ3n) is 4.10. The maximum atomic E-state index is 12.6. The first-order valence-electron chi connectivity index (χ1n) is 8.75. The number of pyridine rings is 1. The molecule has 2 N–H and O–H groups in total. The SMILES string of the molecule is CCC(NC(=O)c1cc(C(=O)O)ccn1)c1ccccc1OCC(=O)N(C)C. The Labute approximate surface area is 163 Å². The van der Waals surface area contributed by atoms with E-state index in [1.807, 2.05) is 19.1 Å². The minimum absolute atomic E-state index is 0.0135. The molecule has 0 saturated heterocycles. The van der Waals surface area contributed by atoms with Gasteiger partial charge in [0, 0.05) is 25.9 Å². The summed E-state index contributed by atoms with van der Waals surface area (Å²) in [5, 5.41) is 11.9. The summed E-state index contributed by atoms with van der Waals surface area (Å²) in [6.45, 7) is 1.78. The summed E-state index contributed by atoms with van der Waals surface area (Å²) in [6.07, 6.45) is 1.84. The molecule has 0 aliphatic rings. The lowest BCUT2D eigenvalue weighted by Gasteiger charge is -2.21. The zero-order valence-electron chi connectivity index (χ0n) is 16.0. The molecule has 1 aromatic heterocycles. The molecule has 0 fully saturated rings.